The molecule has 0 aliphatic carbocycles. The van der Waals surface area contributed by atoms with Gasteiger partial charge in [0.15, 0.2) is 11.6 Å². The average Bonchev–Trinajstić information content (AvgIpc) is 2.34. The van der Waals surface area contributed by atoms with Crippen LogP contribution in [-0.2, 0) is 0 Å². The molecule has 0 bridgehead atoms. The molecule has 0 aliphatic heterocycles. The van der Waals surface area contributed by atoms with E-state index in [0.29, 0.717) is 21.4 Å². The first-order valence-corrected chi connectivity index (χ1v) is 6.36. The third-order valence-corrected chi connectivity index (χ3v) is 3.10. The SMILES string of the molecule is NC(=S)c1ccc(Oc2ccc(Cl)cc2Cl)c(F)c1. The Morgan fingerprint density at radius 1 is 1.11 bits per heavy atom. The lowest BCUT2D eigenvalue weighted by atomic mass is 10.2. The fraction of sp³-hybridized carbons (Fsp3) is 0. The number of thiocarbonyl (C=S) groups is 1. The van der Waals surface area contributed by atoms with Crippen LogP contribution in [0.1, 0.15) is 5.56 Å². The van der Waals surface area contributed by atoms with Crippen molar-refractivity contribution in [1.82, 2.24) is 0 Å². The van der Waals surface area contributed by atoms with Crippen molar-refractivity contribution < 1.29 is 9.13 Å². The maximum absolute atomic E-state index is 13.8. The molecule has 6 heteroatoms. The van der Waals surface area contributed by atoms with Gasteiger partial charge in [0.1, 0.15) is 10.7 Å². The molecule has 2 nitrogen and oxygen atoms in total. The standard InChI is InChI=1S/C13H8Cl2FNOS/c14-8-2-4-11(9(15)6-8)18-12-3-1-7(13(17)19)5-10(12)16/h1-6H,(H2,17,19). The normalized spacial score (nSPS) is 10.3. The van der Waals surface area contributed by atoms with Crippen molar-refractivity contribution in [3.63, 3.8) is 0 Å². The third-order valence-electron chi connectivity index (χ3n) is 2.33. The van der Waals surface area contributed by atoms with Gasteiger partial charge in [-0.1, -0.05) is 35.4 Å². The summed E-state index contributed by atoms with van der Waals surface area (Å²) in [6, 6.07) is 8.90. The van der Waals surface area contributed by atoms with Gasteiger partial charge in [0, 0.05) is 10.6 Å². The molecular weight excluding hydrogens is 308 g/mol. The smallest absolute Gasteiger partial charge is 0.166 e. The number of ether oxygens (including phenoxy) is 1. The van der Waals surface area contributed by atoms with E-state index >= 15 is 0 Å². The van der Waals surface area contributed by atoms with Gasteiger partial charge in [-0.3, -0.25) is 0 Å². The van der Waals surface area contributed by atoms with Crippen molar-refractivity contribution in [2.24, 2.45) is 5.73 Å². The molecule has 98 valence electrons. The highest BCUT2D eigenvalue weighted by atomic mass is 35.5. The Morgan fingerprint density at radius 2 is 1.79 bits per heavy atom. The van der Waals surface area contributed by atoms with E-state index in [1.165, 1.54) is 18.2 Å². The summed E-state index contributed by atoms with van der Waals surface area (Å²) in [7, 11) is 0. The van der Waals surface area contributed by atoms with Crippen LogP contribution in [-0.4, -0.2) is 4.99 Å². The second kappa shape index (κ2) is 5.74. The van der Waals surface area contributed by atoms with Crippen LogP contribution in [0.5, 0.6) is 11.5 Å². The molecule has 0 saturated carbocycles. The predicted octanol–water partition coefficient (Wildman–Crippen LogP) is 4.56. The molecule has 0 amide bonds. The van der Waals surface area contributed by atoms with Crippen LogP contribution in [0.2, 0.25) is 10.0 Å². The minimum atomic E-state index is -0.573. The molecule has 0 heterocycles. The zero-order valence-corrected chi connectivity index (χ0v) is 11.8. The van der Waals surface area contributed by atoms with E-state index in [-0.39, 0.29) is 10.7 Å². The Morgan fingerprint density at radius 3 is 2.37 bits per heavy atom. The van der Waals surface area contributed by atoms with Crippen molar-refractivity contribution >= 4 is 40.4 Å². The molecule has 0 saturated heterocycles. The molecular formula is C13H8Cl2FNOS. The van der Waals surface area contributed by atoms with E-state index in [2.05, 4.69) is 0 Å². The largest absolute Gasteiger partial charge is 0.453 e. The molecule has 0 atom stereocenters. The van der Waals surface area contributed by atoms with Crippen LogP contribution < -0.4 is 10.5 Å². The molecule has 2 aromatic rings. The molecule has 0 unspecified atom stereocenters. The van der Waals surface area contributed by atoms with Crippen molar-refractivity contribution in [2.75, 3.05) is 0 Å². The van der Waals surface area contributed by atoms with Gasteiger partial charge in [0.2, 0.25) is 0 Å². The first kappa shape index (κ1) is 14.1. The Hall–Kier alpha value is -1.36. The minimum Gasteiger partial charge on any atom is -0.453 e. The van der Waals surface area contributed by atoms with Gasteiger partial charge in [-0.05, 0) is 36.4 Å². The van der Waals surface area contributed by atoms with Crippen LogP contribution in [0.4, 0.5) is 4.39 Å². The number of rotatable bonds is 3. The summed E-state index contributed by atoms with van der Waals surface area (Å²) in [5.41, 5.74) is 5.85. The number of benzene rings is 2. The zero-order chi connectivity index (χ0) is 14.0. The molecule has 0 aliphatic rings. The van der Waals surface area contributed by atoms with E-state index in [1.54, 1.807) is 18.2 Å². The fourth-order valence-corrected chi connectivity index (χ4v) is 1.99. The van der Waals surface area contributed by atoms with E-state index in [4.69, 9.17) is 45.9 Å². The molecule has 19 heavy (non-hydrogen) atoms. The lowest BCUT2D eigenvalue weighted by Gasteiger charge is -2.09. The molecule has 2 rings (SSSR count). The first-order chi connectivity index (χ1) is 8.97. The Balaban J connectivity index is 2.31. The summed E-state index contributed by atoms with van der Waals surface area (Å²) >= 11 is 16.5. The molecule has 0 radical (unpaired) electrons. The van der Waals surface area contributed by atoms with Crippen molar-refractivity contribution in [2.45, 2.75) is 0 Å². The van der Waals surface area contributed by atoms with E-state index < -0.39 is 5.82 Å². The van der Waals surface area contributed by atoms with Gasteiger partial charge in [0.05, 0.1) is 5.02 Å². The van der Waals surface area contributed by atoms with E-state index in [1.807, 2.05) is 0 Å². The quantitative estimate of drug-likeness (QED) is 0.843. The Bertz CT molecular complexity index is 649. The predicted molar refractivity (Wildman–Crippen MR) is 78.8 cm³/mol. The van der Waals surface area contributed by atoms with Gasteiger partial charge < -0.3 is 10.5 Å². The molecule has 0 fully saturated rings. The fourth-order valence-electron chi connectivity index (χ4n) is 1.41. The summed E-state index contributed by atoms with van der Waals surface area (Å²) in [5, 5.41) is 0.770. The summed E-state index contributed by atoms with van der Waals surface area (Å²) in [6.45, 7) is 0. The maximum Gasteiger partial charge on any atom is 0.166 e. The van der Waals surface area contributed by atoms with Gasteiger partial charge in [-0.15, -0.1) is 0 Å². The van der Waals surface area contributed by atoms with Crippen molar-refractivity contribution in [1.29, 1.82) is 0 Å². The number of halogens is 3. The Labute approximate surface area is 124 Å². The molecule has 0 aromatic heterocycles. The summed E-state index contributed by atoms with van der Waals surface area (Å²) in [5.74, 6) is -0.228. The van der Waals surface area contributed by atoms with Crippen LogP contribution in [0.3, 0.4) is 0 Å². The lowest BCUT2D eigenvalue weighted by molar-refractivity contribution is 0.442. The lowest BCUT2D eigenvalue weighted by Crippen LogP contribution is -2.09. The maximum atomic E-state index is 13.8. The van der Waals surface area contributed by atoms with Crippen LogP contribution in [0, 0.1) is 5.82 Å². The number of nitrogens with two attached hydrogens (primary N) is 1. The van der Waals surface area contributed by atoms with Crippen LogP contribution in [0.15, 0.2) is 36.4 Å². The molecule has 0 spiro atoms. The van der Waals surface area contributed by atoms with Crippen molar-refractivity contribution in [3.05, 3.63) is 57.8 Å². The highest BCUT2D eigenvalue weighted by Crippen LogP contribution is 2.32. The zero-order valence-electron chi connectivity index (χ0n) is 9.49. The van der Waals surface area contributed by atoms with Crippen molar-refractivity contribution in [3.8, 4) is 11.5 Å². The first-order valence-electron chi connectivity index (χ1n) is 5.19. The minimum absolute atomic E-state index is 0.0317. The highest BCUT2D eigenvalue weighted by Gasteiger charge is 2.10. The van der Waals surface area contributed by atoms with E-state index in [9.17, 15) is 4.39 Å². The average molecular weight is 316 g/mol. The number of hydrogen-bond acceptors (Lipinski definition) is 2. The second-order valence-electron chi connectivity index (χ2n) is 3.69. The number of hydrogen-bond donors (Lipinski definition) is 1. The van der Waals surface area contributed by atoms with Gasteiger partial charge in [0.25, 0.3) is 0 Å². The highest BCUT2D eigenvalue weighted by molar-refractivity contribution is 7.80. The van der Waals surface area contributed by atoms with Gasteiger partial charge in [-0.25, -0.2) is 4.39 Å². The van der Waals surface area contributed by atoms with Crippen LogP contribution >= 0.6 is 35.4 Å². The second-order valence-corrected chi connectivity index (χ2v) is 4.97. The Kier molecular flexibility index (Phi) is 4.24. The summed E-state index contributed by atoms with van der Waals surface area (Å²) in [4.78, 5) is 0.120. The monoisotopic (exact) mass is 315 g/mol. The van der Waals surface area contributed by atoms with Crippen LogP contribution in [0.25, 0.3) is 0 Å². The summed E-state index contributed by atoms with van der Waals surface area (Å²) < 4.78 is 19.2. The van der Waals surface area contributed by atoms with Gasteiger partial charge in [-0.2, -0.15) is 0 Å². The molecule has 2 N–H and O–H groups in total. The van der Waals surface area contributed by atoms with Gasteiger partial charge >= 0.3 is 0 Å². The van der Waals surface area contributed by atoms with E-state index in [0.717, 1.165) is 0 Å². The molecule has 2 aromatic carbocycles. The summed E-state index contributed by atoms with van der Waals surface area (Å²) in [6.07, 6.45) is 0. The topological polar surface area (TPSA) is 35.2 Å². The third kappa shape index (κ3) is 3.35.